The zero-order valence-electron chi connectivity index (χ0n) is 13.1. The van der Waals surface area contributed by atoms with Gasteiger partial charge in [-0.15, -0.1) is 0 Å². The van der Waals surface area contributed by atoms with E-state index in [9.17, 15) is 0 Å². The van der Waals surface area contributed by atoms with Gasteiger partial charge in [0.1, 0.15) is 0 Å². The molecule has 1 aromatic carbocycles. The molecule has 1 saturated carbocycles. The topological polar surface area (TPSA) is 0 Å². The summed E-state index contributed by atoms with van der Waals surface area (Å²) < 4.78 is 0. The van der Waals surface area contributed by atoms with E-state index >= 15 is 0 Å². The monoisotopic (exact) mass is 336 g/mol. The summed E-state index contributed by atoms with van der Waals surface area (Å²) in [5.74, 6) is 1.90. The molecular formula is C19H29Br. The first-order chi connectivity index (χ1) is 9.69. The minimum absolute atomic E-state index is 0.664. The van der Waals surface area contributed by atoms with Crippen LogP contribution in [0, 0.1) is 18.8 Å². The molecule has 0 N–H and O–H groups in total. The Morgan fingerprint density at radius 1 is 1.10 bits per heavy atom. The van der Waals surface area contributed by atoms with Crippen LogP contribution in [0.1, 0.15) is 63.0 Å². The molecule has 1 aliphatic carbocycles. The number of benzene rings is 1. The molecular weight excluding hydrogens is 308 g/mol. The van der Waals surface area contributed by atoms with Crippen molar-refractivity contribution >= 4 is 15.9 Å². The van der Waals surface area contributed by atoms with E-state index in [4.69, 9.17) is 0 Å². The van der Waals surface area contributed by atoms with Gasteiger partial charge in [-0.3, -0.25) is 0 Å². The van der Waals surface area contributed by atoms with Crippen molar-refractivity contribution in [3.8, 4) is 0 Å². The first kappa shape index (κ1) is 16.1. The summed E-state index contributed by atoms with van der Waals surface area (Å²) in [4.78, 5) is 0.664. The van der Waals surface area contributed by atoms with Gasteiger partial charge in [-0.05, 0) is 43.6 Å². The lowest BCUT2D eigenvalue weighted by atomic mass is 9.78. The standard InChI is InChI=1S/C19H29Br/c1-3-4-5-16-10-12-18(13-11-16)19(20)14-17-8-6-15(2)7-9-17/h6-9,16,18-19H,3-5,10-14H2,1-2H3. The van der Waals surface area contributed by atoms with Gasteiger partial charge in [-0.25, -0.2) is 0 Å². The Labute approximate surface area is 133 Å². The summed E-state index contributed by atoms with van der Waals surface area (Å²) >= 11 is 3.97. The maximum Gasteiger partial charge on any atom is 0.0214 e. The molecule has 1 fully saturated rings. The number of unbranched alkanes of at least 4 members (excludes halogenated alkanes) is 1. The Hall–Kier alpha value is -0.300. The fourth-order valence-electron chi connectivity index (χ4n) is 3.45. The molecule has 1 unspecified atom stereocenters. The second-order valence-corrected chi connectivity index (χ2v) is 7.80. The smallest absolute Gasteiger partial charge is 0.0214 e. The first-order valence-corrected chi connectivity index (χ1v) is 9.30. The quantitative estimate of drug-likeness (QED) is 0.535. The molecule has 0 heterocycles. The molecule has 0 aliphatic heterocycles. The largest absolute Gasteiger partial charge is 0.0884 e. The summed E-state index contributed by atoms with van der Waals surface area (Å²) in [5.41, 5.74) is 2.84. The van der Waals surface area contributed by atoms with Gasteiger partial charge in [0.25, 0.3) is 0 Å². The Bertz CT molecular complexity index is 373. The van der Waals surface area contributed by atoms with Gasteiger partial charge in [-0.2, -0.15) is 0 Å². The van der Waals surface area contributed by atoms with Crippen molar-refractivity contribution in [2.75, 3.05) is 0 Å². The third-order valence-electron chi connectivity index (χ3n) is 4.92. The third kappa shape index (κ3) is 4.91. The summed E-state index contributed by atoms with van der Waals surface area (Å²) in [6.45, 7) is 4.47. The van der Waals surface area contributed by atoms with Gasteiger partial charge in [0.2, 0.25) is 0 Å². The average molecular weight is 337 g/mol. The van der Waals surface area contributed by atoms with E-state index in [-0.39, 0.29) is 0 Å². The highest BCUT2D eigenvalue weighted by Gasteiger charge is 2.25. The number of halogens is 1. The molecule has 0 spiro atoms. The van der Waals surface area contributed by atoms with Crippen molar-refractivity contribution < 1.29 is 0 Å². The maximum atomic E-state index is 3.97. The van der Waals surface area contributed by atoms with Crippen LogP contribution in [0.15, 0.2) is 24.3 Å². The lowest BCUT2D eigenvalue weighted by molar-refractivity contribution is 0.256. The number of rotatable bonds is 6. The third-order valence-corrected chi connectivity index (χ3v) is 5.99. The van der Waals surface area contributed by atoms with Gasteiger partial charge >= 0.3 is 0 Å². The number of alkyl halides is 1. The highest BCUT2D eigenvalue weighted by atomic mass is 79.9. The van der Waals surface area contributed by atoms with Crippen LogP contribution in [0.2, 0.25) is 0 Å². The fraction of sp³-hybridized carbons (Fsp3) is 0.684. The molecule has 112 valence electrons. The van der Waals surface area contributed by atoms with Crippen LogP contribution in [0.3, 0.4) is 0 Å². The Balaban J connectivity index is 1.76. The van der Waals surface area contributed by atoms with Crippen LogP contribution < -0.4 is 0 Å². The van der Waals surface area contributed by atoms with Crippen LogP contribution in [-0.2, 0) is 6.42 Å². The molecule has 1 aromatic rings. The highest BCUT2D eigenvalue weighted by molar-refractivity contribution is 9.09. The summed E-state index contributed by atoms with van der Waals surface area (Å²) in [7, 11) is 0. The van der Waals surface area contributed by atoms with Crippen molar-refractivity contribution in [2.24, 2.45) is 11.8 Å². The molecule has 0 amide bonds. The van der Waals surface area contributed by atoms with Crippen molar-refractivity contribution in [2.45, 2.75) is 70.0 Å². The van der Waals surface area contributed by atoms with E-state index < -0.39 is 0 Å². The summed E-state index contributed by atoms with van der Waals surface area (Å²) in [6, 6.07) is 9.04. The van der Waals surface area contributed by atoms with Crippen LogP contribution in [0.5, 0.6) is 0 Å². The van der Waals surface area contributed by atoms with E-state index in [2.05, 4.69) is 54.0 Å². The predicted molar refractivity (Wildman–Crippen MR) is 92.6 cm³/mol. The molecule has 0 saturated heterocycles. The van der Waals surface area contributed by atoms with Gasteiger partial charge in [0.15, 0.2) is 0 Å². The Morgan fingerprint density at radius 2 is 1.75 bits per heavy atom. The second-order valence-electron chi connectivity index (χ2n) is 6.63. The molecule has 0 aromatic heterocycles. The minimum atomic E-state index is 0.664. The molecule has 0 bridgehead atoms. The van der Waals surface area contributed by atoms with E-state index in [0.29, 0.717) is 4.83 Å². The van der Waals surface area contributed by atoms with Gasteiger partial charge in [0, 0.05) is 4.83 Å². The lowest BCUT2D eigenvalue weighted by Crippen LogP contribution is -2.23. The predicted octanol–water partition coefficient (Wildman–Crippen LogP) is 6.30. The lowest BCUT2D eigenvalue weighted by Gasteiger charge is -2.31. The van der Waals surface area contributed by atoms with Crippen molar-refractivity contribution in [3.05, 3.63) is 35.4 Å². The SMILES string of the molecule is CCCCC1CCC(C(Br)Cc2ccc(C)cc2)CC1. The van der Waals surface area contributed by atoms with Crippen molar-refractivity contribution in [1.29, 1.82) is 0 Å². The van der Waals surface area contributed by atoms with Gasteiger partial charge in [-0.1, -0.05) is 84.8 Å². The van der Waals surface area contributed by atoms with Crippen molar-refractivity contribution in [1.82, 2.24) is 0 Å². The molecule has 0 nitrogen and oxygen atoms in total. The van der Waals surface area contributed by atoms with Crippen molar-refractivity contribution in [3.63, 3.8) is 0 Å². The first-order valence-electron chi connectivity index (χ1n) is 8.38. The summed E-state index contributed by atoms with van der Waals surface area (Å²) in [6.07, 6.45) is 11.2. The van der Waals surface area contributed by atoms with Gasteiger partial charge < -0.3 is 0 Å². The molecule has 1 atom stereocenters. The van der Waals surface area contributed by atoms with Crippen LogP contribution >= 0.6 is 15.9 Å². The van der Waals surface area contributed by atoms with E-state index in [1.165, 1.54) is 62.5 Å². The van der Waals surface area contributed by atoms with Crippen LogP contribution in [-0.4, -0.2) is 4.83 Å². The van der Waals surface area contributed by atoms with E-state index in [1.54, 1.807) is 0 Å². The molecule has 0 radical (unpaired) electrons. The fourth-order valence-corrected chi connectivity index (χ4v) is 4.35. The average Bonchev–Trinajstić information content (AvgIpc) is 2.48. The molecule has 20 heavy (non-hydrogen) atoms. The Morgan fingerprint density at radius 3 is 2.35 bits per heavy atom. The maximum absolute atomic E-state index is 3.97. The number of hydrogen-bond acceptors (Lipinski definition) is 0. The van der Waals surface area contributed by atoms with E-state index in [0.717, 1.165) is 11.8 Å². The van der Waals surface area contributed by atoms with Crippen LogP contribution in [0.4, 0.5) is 0 Å². The zero-order valence-corrected chi connectivity index (χ0v) is 14.7. The molecule has 2 rings (SSSR count). The second kappa shape index (κ2) is 8.22. The molecule has 1 heteroatoms. The van der Waals surface area contributed by atoms with Gasteiger partial charge in [0.05, 0.1) is 0 Å². The Kier molecular flexibility index (Phi) is 6.61. The zero-order chi connectivity index (χ0) is 14.4. The van der Waals surface area contributed by atoms with E-state index in [1.807, 2.05) is 0 Å². The highest BCUT2D eigenvalue weighted by Crippen LogP contribution is 2.36. The summed E-state index contributed by atoms with van der Waals surface area (Å²) in [5, 5.41) is 0. The minimum Gasteiger partial charge on any atom is -0.0884 e. The number of aryl methyl sites for hydroxylation is 1. The number of hydrogen-bond donors (Lipinski definition) is 0. The van der Waals surface area contributed by atoms with Crippen LogP contribution in [0.25, 0.3) is 0 Å². The normalized spacial score (nSPS) is 24.6. The molecule has 1 aliphatic rings.